The highest BCUT2D eigenvalue weighted by Crippen LogP contribution is 2.41. The van der Waals surface area contributed by atoms with E-state index < -0.39 is 6.04 Å². The Morgan fingerprint density at radius 3 is 2.77 bits per heavy atom. The molecule has 1 aliphatic rings. The Kier molecular flexibility index (Phi) is 3.86. The lowest BCUT2D eigenvalue weighted by Gasteiger charge is -2.21. The summed E-state index contributed by atoms with van der Waals surface area (Å²) >= 11 is 3.12. The monoisotopic (exact) mass is 336 g/mol. The summed E-state index contributed by atoms with van der Waals surface area (Å²) in [6, 6.07) is 5.27. The summed E-state index contributed by atoms with van der Waals surface area (Å²) in [5, 5.41) is 1.62. The van der Waals surface area contributed by atoms with E-state index in [0.717, 1.165) is 26.0 Å². The number of hydrogen-bond donors (Lipinski definition) is 0. The molecule has 0 spiro atoms. The minimum absolute atomic E-state index is 0.310. The lowest BCUT2D eigenvalue weighted by molar-refractivity contribution is -0.142. The molecule has 1 aromatic carbocycles. The molecule has 2 aromatic rings. The van der Waals surface area contributed by atoms with E-state index in [1.165, 1.54) is 7.11 Å². The molecule has 116 valence electrons. The molecule has 7 heteroatoms. The number of rotatable bonds is 3. The van der Waals surface area contributed by atoms with Crippen molar-refractivity contribution in [3.63, 3.8) is 0 Å². The highest BCUT2D eigenvalue weighted by atomic mass is 32.2. The van der Waals surface area contributed by atoms with Crippen molar-refractivity contribution >= 4 is 44.3 Å². The van der Waals surface area contributed by atoms with Crippen LogP contribution >= 0.6 is 23.1 Å². The number of aromatic nitrogens is 1. The number of carbonyl (C=O) groups excluding carboxylic acids is 1. The molecule has 5 nitrogen and oxygen atoms in total. The molecule has 0 N–H and O–H groups in total. The molecule has 3 rings (SSSR count). The van der Waals surface area contributed by atoms with Crippen LogP contribution in [0.1, 0.15) is 18.9 Å². The van der Waals surface area contributed by atoms with Crippen LogP contribution in [0.2, 0.25) is 0 Å². The smallest absolute Gasteiger partial charge is 0.332 e. The molecule has 0 fully saturated rings. The molecule has 1 aliphatic heterocycles. The molecule has 0 radical (unpaired) electrons. The van der Waals surface area contributed by atoms with Gasteiger partial charge in [0.25, 0.3) is 0 Å². The lowest BCUT2D eigenvalue weighted by atomic mass is 10.0. The van der Waals surface area contributed by atoms with Crippen molar-refractivity contribution in [3.8, 4) is 5.75 Å². The number of esters is 1. The summed E-state index contributed by atoms with van der Waals surface area (Å²) in [6.45, 7) is 3.98. The van der Waals surface area contributed by atoms with Crippen LogP contribution < -0.4 is 4.74 Å². The van der Waals surface area contributed by atoms with Crippen molar-refractivity contribution in [1.29, 1.82) is 0 Å². The number of fused-ring (bicyclic) bond motifs is 1. The molecule has 0 unspecified atom stereocenters. The fraction of sp³-hybridized carbons (Fsp3) is 0.400. The molecule has 0 saturated carbocycles. The number of nitrogens with zero attached hydrogens (tertiary/aromatic N) is 2. The first-order valence-electron chi connectivity index (χ1n) is 6.74. The third-order valence-electron chi connectivity index (χ3n) is 3.47. The van der Waals surface area contributed by atoms with Gasteiger partial charge in [-0.1, -0.05) is 11.8 Å². The average molecular weight is 336 g/mol. The van der Waals surface area contributed by atoms with Crippen LogP contribution in [0.4, 0.5) is 0 Å². The van der Waals surface area contributed by atoms with Gasteiger partial charge >= 0.3 is 5.97 Å². The van der Waals surface area contributed by atoms with Crippen LogP contribution in [0, 0.1) is 0 Å². The first-order valence-corrected chi connectivity index (χ1v) is 8.37. The number of benzene rings is 1. The number of methoxy groups -OCH3 is 2. The summed E-state index contributed by atoms with van der Waals surface area (Å²) in [5.41, 5.74) is 0.906. The van der Waals surface area contributed by atoms with E-state index in [4.69, 9.17) is 9.47 Å². The Labute approximate surface area is 136 Å². The highest BCUT2D eigenvalue weighted by molar-refractivity contribution is 8.16. The van der Waals surface area contributed by atoms with Crippen LogP contribution in [0.25, 0.3) is 10.2 Å². The maximum Gasteiger partial charge on any atom is 0.332 e. The van der Waals surface area contributed by atoms with Crippen molar-refractivity contribution in [1.82, 2.24) is 4.98 Å². The van der Waals surface area contributed by atoms with E-state index in [-0.39, 0.29) is 10.7 Å². The Balaban J connectivity index is 1.99. The number of aliphatic imine (C=N–C) groups is 1. The lowest BCUT2D eigenvalue weighted by Crippen LogP contribution is -2.35. The number of thioether (sulfide) groups is 1. The number of ether oxygens (including phenoxy) is 2. The van der Waals surface area contributed by atoms with Gasteiger partial charge in [-0.3, -0.25) is 4.99 Å². The van der Waals surface area contributed by atoms with Gasteiger partial charge in [0, 0.05) is 4.75 Å². The summed E-state index contributed by atoms with van der Waals surface area (Å²) in [5.74, 6) is 0.492. The van der Waals surface area contributed by atoms with Crippen LogP contribution in [0.3, 0.4) is 0 Å². The molecular weight excluding hydrogens is 320 g/mol. The maximum atomic E-state index is 11.9. The molecule has 0 aliphatic carbocycles. The highest BCUT2D eigenvalue weighted by Gasteiger charge is 2.44. The fourth-order valence-electron chi connectivity index (χ4n) is 2.27. The Hall–Kier alpha value is -1.60. The zero-order valence-electron chi connectivity index (χ0n) is 12.7. The third-order valence-corrected chi connectivity index (χ3v) is 5.86. The Bertz CT molecular complexity index is 767. The molecular formula is C15H16N2O3S2. The fourth-order valence-corrected chi connectivity index (χ4v) is 4.46. The van der Waals surface area contributed by atoms with Crippen molar-refractivity contribution in [3.05, 3.63) is 23.2 Å². The molecule has 1 aromatic heterocycles. The predicted molar refractivity (Wildman–Crippen MR) is 90.2 cm³/mol. The van der Waals surface area contributed by atoms with Gasteiger partial charge < -0.3 is 9.47 Å². The van der Waals surface area contributed by atoms with Crippen molar-refractivity contribution in [2.45, 2.75) is 24.6 Å². The normalized spacial score (nSPS) is 20.0. The average Bonchev–Trinajstić information content (AvgIpc) is 3.05. The summed E-state index contributed by atoms with van der Waals surface area (Å²) < 4.78 is 10.8. The van der Waals surface area contributed by atoms with Gasteiger partial charge in [-0.2, -0.15) is 0 Å². The summed E-state index contributed by atoms with van der Waals surface area (Å²) in [4.78, 5) is 21.0. The molecule has 2 heterocycles. The van der Waals surface area contributed by atoms with Crippen LogP contribution in [0.5, 0.6) is 5.75 Å². The van der Waals surface area contributed by atoms with E-state index in [2.05, 4.69) is 9.98 Å². The second-order valence-corrected chi connectivity index (χ2v) is 8.09. The number of hydrogen-bond acceptors (Lipinski definition) is 7. The topological polar surface area (TPSA) is 60.8 Å². The standard InChI is InChI=1S/C15H16N2O3S2/c1-15(2)11(14(18)20-4)17-13(22-15)12-16-9-6-5-8(19-3)7-10(9)21-12/h5-7,11H,1-4H3/t11-/m0/s1. The van der Waals surface area contributed by atoms with Gasteiger partial charge in [0.2, 0.25) is 0 Å². The van der Waals surface area contributed by atoms with Gasteiger partial charge in [0.1, 0.15) is 15.8 Å². The van der Waals surface area contributed by atoms with Gasteiger partial charge in [-0.05, 0) is 32.0 Å². The Morgan fingerprint density at radius 1 is 1.32 bits per heavy atom. The molecule has 0 saturated heterocycles. The van der Waals surface area contributed by atoms with Crippen LogP contribution in [-0.4, -0.2) is 41.0 Å². The van der Waals surface area contributed by atoms with Crippen molar-refractivity contribution in [2.24, 2.45) is 4.99 Å². The third kappa shape index (κ3) is 2.59. The maximum absolute atomic E-state index is 11.9. The molecule has 1 atom stereocenters. The number of thiazole rings is 1. The summed E-state index contributed by atoms with van der Waals surface area (Å²) in [6.07, 6.45) is 0. The minimum atomic E-state index is -0.501. The SMILES string of the molecule is COC(=O)[C@@H]1N=C(c2nc3ccc(OC)cc3s2)SC1(C)C. The second-order valence-electron chi connectivity index (χ2n) is 5.42. The van der Waals surface area contributed by atoms with Crippen molar-refractivity contribution < 1.29 is 14.3 Å². The predicted octanol–water partition coefficient (Wildman–Crippen LogP) is 3.12. The minimum Gasteiger partial charge on any atom is -0.497 e. The van der Waals surface area contributed by atoms with Crippen LogP contribution in [-0.2, 0) is 9.53 Å². The zero-order chi connectivity index (χ0) is 15.9. The van der Waals surface area contributed by atoms with Crippen LogP contribution in [0.15, 0.2) is 23.2 Å². The van der Waals surface area contributed by atoms with Gasteiger partial charge in [0.15, 0.2) is 6.04 Å². The van der Waals surface area contributed by atoms with E-state index in [0.29, 0.717) is 0 Å². The zero-order valence-corrected chi connectivity index (χ0v) is 14.4. The quantitative estimate of drug-likeness (QED) is 0.806. The largest absolute Gasteiger partial charge is 0.497 e. The molecule has 0 amide bonds. The van der Waals surface area contributed by atoms with Crippen molar-refractivity contribution in [2.75, 3.05) is 14.2 Å². The molecule has 0 bridgehead atoms. The van der Waals surface area contributed by atoms with E-state index in [9.17, 15) is 4.79 Å². The second kappa shape index (κ2) is 5.55. The summed E-state index contributed by atoms with van der Waals surface area (Å²) in [7, 11) is 3.03. The number of carbonyl (C=O) groups is 1. The molecule has 22 heavy (non-hydrogen) atoms. The van der Waals surface area contributed by atoms with Gasteiger partial charge in [-0.15, -0.1) is 11.3 Å². The van der Waals surface area contributed by atoms with Gasteiger partial charge in [-0.25, -0.2) is 9.78 Å². The van der Waals surface area contributed by atoms with E-state index in [1.54, 1.807) is 30.2 Å². The van der Waals surface area contributed by atoms with E-state index >= 15 is 0 Å². The van der Waals surface area contributed by atoms with Gasteiger partial charge in [0.05, 0.1) is 24.4 Å². The Morgan fingerprint density at radius 2 is 2.09 bits per heavy atom. The van der Waals surface area contributed by atoms with E-state index in [1.807, 2.05) is 32.0 Å². The first kappa shape index (κ1) is 15.3. The first-order chi connectivity index (χ1) is 10.4.